The van der Waals surface area contributed by atoms with Crippen molar-refractivity contribution in [3.8, 4) is 0 Å². The number of hydrogen-bond donors (Lipinski definition) is 1. The molecule has 0 saturated carbocycles. The highest BCUT2D eigenvalue weighted by atomic mass is 16.3. The molecular weight excluding hydrogens is 246 g/mol. The minimum Gasteiger partial charge on any atom is -0.386 e. The lowest BCUT2D eigenvalue weighted by Gasteiger charge is -2.51. The van der Waals surface area contributed by atoms with Crippen LogP contribution in [0, 0.1) is 0 Å². The van der Waals surface area contributed by atoms with E-state index in [2.05, 4.69) is 35.2 Å². The van der Waals surface area contributed by atoms with Crippen molar-refractivity contribution in [3.05, 3.63) is 48.0 Å². The molecule has 2 heterocycles. The molecule has 1 aromatic rings. The van der Waals surface area contributed by atoms with Crippen molar-refractivity contribution in [2.24, 2.45) is 0 Å². The average molecular weight is 271 g/mol. The van der Waals surface area contributed by atoms with E-state index in [9.17, 15) is 5.11 Å². The first-order chi connectivity index (χ1) is 9.70. The molecule has 2 atom stereocenters. The lowest BCUT2D eigenvalue weighted by atomic mass is 9.75. The van der Waals surface area contributed by atoms with Crippen molar-refractivity contribution in [1.82, 2.24) is 4.90 Å². The van der Waals surface area contributed by atoms with Gasteiger partial charge in [-0.05, 0) is 38.2 Å². The minimum absolute atomic E-state index is 0.531. The molecule has 108 valence electrons. The molecular formula is C18H25NO. The maximum absolute atomic E-state index is 10.7. The third-order valence-electron chi connectivity index (χ3n) is 4.88. The van der Waals surface area contributed by atoms with Gasteiger partial charge >= 0.3 is 0 Å². The first-order valence-electron chi connectivity index (χ1n) is 7.86. The first kappa shape index (κ1) is 13.8. The summed E-state index contributed by atoms with van der Waals surface area (Å²) in [6.45, 7) is 3.03. The van der Waals surface area contributed by atoms with E-state index in [1.807, 2.05) is 19.1 Å². The Kier molecular flexibility index (Phi) is 3.95. The molecule has 20 heavy (non-hydrogen) atoms. The van der Waals surface area contributed by atoms with Crippen LogP contribution in [0.5, 0.6) is 0 Å². The molecule has 2 bridgehead atoms. The smallest absolute Gasteiger partial charge is 0.0857 e. The van der Waals surface area contributed by atoms with Crippen molar-refractivity contribution in [2.45, 2.75) is 63.3 Å². The molecule has 0 aliphatic carbocycles. The maximum Gasteiger partial charge on any atom is 0.0857 e. The number of nitrogens with zero attached hydrogens (tertiary/aromatic N) is 1. The normalized spacial score (nSPS) is 34.5. The molecule has 1 aromatic carbocycles. The van der Waals surface area contributed by atoms with Crippen LogP contribution in [0.25, 0.3) is 0 Å². The maximum atomic E-state index is 10.7. The van der Waals surface area contributed by atoms with Crippen LogP contribution in [-0.4, -0.2) is 27.7 Å². The second-order valence-electron chi connectivity index (χ2n) is 6.41. The van der Waals surface area contributed by atoms with Crippen LogP contribution in [0.3, 0.4) is 0 Å². The van der Waals surface area contributed by atoms with Gasteiger partial charge in [-0.2, -0.15) is 0 Å². The van der Waals surface area contributed by atoms with E-state index in [1.165, 1.54) is 24.8 Å². The number of benzene rings is 1. The highest BCUT2D eigenvalue weighted by Gasteiger charge is 2.43. The van der Waals surface area contributed by atoms with E-state index in [1.54, 1.807) is 0 Å². The predicted molar refractivity (Wildman–Crippen MR) is 82.4 cm³/mol. The molecule has 2 aliphatic heterocycles. The summed E-state index contributed by atoms with van der Waals surface area (Å²) in [6.07, 6.45) is 9.56. The van der Waals surface area contributed by atoms with E-state index in [0.717, 1.165) is 19.4 Å². The van der Waals surface area contributed by atoms with Crippen LogP contribution >= 0.6 is 0 Å². The van der Waals surface area contributed by atoms with Crippen molar-refractivity contribution in [1.29, 1.82) is 0 Å². The van der Waals surface area contributed by atoms with Crippen molar-refractivity contribution < 1.29 is 5.11 Å². The molecule has 2 unspecified atom stereocenters. The highest BCUT2D eigenvalue weighted by molar-refractivity contribution is 5.16. The van der Waals surface area contributed by atoms with Crippen LogP contribution in [0.4, 0.5) is 0 Å². The molecule has 2 aliphatic rings. The Bertz CT molecular complexity index is 454. The molecule has 3 rings (SSSR count). The van der Waals surface area contributed by atoms with Gasteiger partial charge in [0, 0.05) is 18.6 Å². The van der Waals surface area contributed by atoms with Gasteiger partial charge in [-0.1, -0.05) is 48.9 Å². The fourth-order valence-electron chi connectivity index (χ4n) is 4.06. The first-order valence-corrected chi connectivity index (χ1v) is 7.86. The van der Waals surface area contributed by atoms with Crippen LogP contribution in [0.2, 0.25) is 0 Å². The van der Waals surface area contributed by atoms with E-state index < -0.39 is 5.60 Å². The molecule has 2 fully saturated rings. The number of allylic oxidation sites excluding steroid dienone is 1. The second-order valence-corrected chi connectivity index (χ2v) is 6.41. The SMILES string of the molecule is C/C=C\C1(O)CC2CCCC(C1)N2Cc1ccccc1. The molecule has 0 radical (unpaired) electrons. The largest absolute Gasteiger partial charge is 0.386 e. The van der Waals surface area contributed by atoms with Crippen LogP contribution in [0.15, 0.2) is 42.5 Å². The van der Waals surface area contributed by atoms with E-state index in [0.29, 0.717) is 12.1 Å². The molecule has 1 N–H and O–H groups in total. The Morgan fingerprint density at radius 1 is 1.20 bits per heavy atom. The van der Waals surface area contributed by atoms with Gasteiger partial charge in [0.05, 0.1) is 5.60 Å². The summed E-state index contributed by atoms with van der Waals surface area (Å²) >= 11 is 0. The van der Waals surface area contributed by atoms with Crippen LogP contribution < -0.4 is 0 Å². The summed E-state index contributed by atoms with van der Waals surface area (Å²) < 4.78 is 0. The van der Waals surface area contributed by atoms with Crippen LogP contribution in [0.1, 0.15) is 44.6 Å². The van der Waals surface area contributed by atoms with Gasteiger partial charge in [-0.3, -0.25) is 4.90 Å². The number of aliphatic hydroxyl groups is 1. The fraction of sp³-hybridized carbons (Fsp3) is 0.556. The Hall–Kier alpha value is -1.12. The van der Waals surface area contributed by atoms with Gasteiger partial charge in [0.1, 0.15) is 0 Å². The summed E-state index contributed by atoms with van der Waals surface area (Å²) in [4.78, 5) is 2.64. The second kappa shape index (κ2) is 5.71. The van der Waals surface area contributed by atoms with Gasteiger partial charge in [-0.15, -0.1) is 0 Å². The molecule has 2 heteroatoms. The molecule has 0 amide bonds. The van der Waals surface area contributed by atoms with Crippen molar-refractivity contribution in [3.63, 3.8) is 0 Å². The van der Waals surface area contributed by atoms with E-state index in [4.69, 9.17) is 0 Å². The van der Waals surface area contributed by atoms with E-state index in [-0.39, 0.29) is 0 Å². The minimum atomic E-state index is -0.572. The molecule has 0 aromatic heterocycles. The number of rotatable bonds is 3. The summed E-state index contributed by atoms with van der Waals surface area (Å²) in [6, 6.07) is 11.8. The number of fused-ring (bicyclic) bond motifs is 2. The van der Waals surface area contributed by atoms with Crippen molar-refractivity contribution in [2.75, 3.05) is 0 Å². The lowest BCUT2D eigenvalue weighted by Crippen LogP contribution is -2.56. The number of hydrogen-bond acceptors (Lipinski definition) is 2. The number of piperidine rings is 2. The van der Waals surface area contributed by atoms with Gasteiger partial charge in [0.25, 0.3) is 0 Å². The van der Waals surface area contributed by atoms with Crippen molar-refractivity contribution >= 4 is 0 Å². The van der Waals surface area contributed by atoms with E-state index >= 15 is 0 Å². The highest BCUT2D eigenvalue weighted by Crippen LogP contribution is 2.40. The van der Waals surface area contributed by atoms with Gasteiger partial charge < -0.3 is 5.11 Å². The monoisotopic (exact) mass is 271 g/mol. The standard InChI is InChI=1S/C18H25NO/c1-2-11-18(20)12-16-9-6-10-17(13-18)19(16)14-15-7-4-3-5-8-15/h2-5,7-8,11,16-17,20H,6,9-10,12-14H2,1H3/b11-2-. The Labute approximate surface area is 122 Å². The Morgan fingerprint density at radius 3 is 2.45 bits per heavy atom. The predicted octanol–water partition coefficient (Wildman–Crippen LogP) is 3.51. The topological polar surface area (TPSA) is 23.5 Å². The molecule has 2 nitrogen and oxygen atoms in total. The zero-order chi connectivity index (χ0) is 14.0. The quantitative estimate of drug-likeness (QED) is 0.850. The average Bonchev–Trinajstić information content (AvgIpc) is 2.41. The van der Waals surface area contributed by atoms with Crippen LogP contribution in [-0.2, 0) is 6.54 Å². The Morgan fingerprint density at radius 2 is 1.85 bits per heavy atom. The van der Waals surface area contributed by atoms with Gasteiger partial charge in [0.2, 0.25) is 0 Å². The molecule has 0 spiro atoms. The Balaban J connectivity index is 1.77. The fourth-order valence-corrected chi connectivity index (χ4v) is 4.06. The molecule has 2 saturated heterocycles. The zero-order valence-electron chi connectivity index (χ0n) is 12.3. The summed E-state index contributed by atoms with van der Waals surface area (Å²) in [5, 5.41) is 10.7. The van der Waals surface area contributed by atoms with Gasteiger partial charge in [0.15, 0.2) is 0 Å². The zero-order valence-corrected chi connectivity index (χ0v) is 12.3. The summed E-state index contributed by atoms with van der Waals surface area (Å²) in [5.74, 6) is 0. The summed E-state index contributed by atoms with van der Waals surface area (Å²) in [7, 11) is 0. The van der Waals surface area contributed by atoms with Gasteiger partial charge in [-0.25, -0.2) is 0 Å². The third kappa shape index (κ3) is 2.82. The lowest BCUT2D eigenvalue weighted by molar-refractivity contribution is -0.0693. The third-order valence-corrected chi connectivity index (χ3v) is 4.88. The summed E-state index contributed by atoms with van der Waals surface area (Å²) in [5.41, 5.74) is 0.818.